The van der Waals surface area contributed by atoms with Gasteiger partial charge in [-0.15, -0.1) is 0 Å². The Hall–Kier alpha value is -2.50. The molecule has 1 aliphatic carbocycles. The van der Waals surface area contributed by atoms with Crippen molar-refractivity contribution >= 4 is 12.9 Å². The van der Waals surface area contributed by atoms with Gasteiger partial charge in [0.25, 0.3) is 0 Å². The van der Waals surface area contributed by atoms with Gasteiger partial charge >= 0.3 is 0 Å². The molecular formula is C31H45N5. The summed E-state index contributed by atoms with van der Waals surface area (Å²) < 4.78 is 0. The third-order valence-corrected chi connectivity index (χ3v) is 8.40. The lowest BCUT2D eigenvalue weighted by Gasteiger charge is -2.48. The van der Waals surface area contributed by atoms with Gasteiger partial charge < -0.3 is 5.32 Å². The maximum Gasteiger partial charge on any atom is 0.0495 e. The van der Waals surface area contributed by atoms with Gasteiger partial charge in [0, 0.05) is 62.8 Å². The third kappa shape index (κ3) is 6.63. The quantitative estimate of drug-likeness (QED) is 0.302. The zero-order chi connectivity index (χ0) is 25.3. The highest BCUT2D eigenvalue weighted by Crippen LogP contribution is 2.36. The summed E-state index contributed by atoms with van der Waals surface area (Å²) in [5.74, 6) is 1.40. The van der Waals surface area contributed by atoms with Crippen molar-refractivity contribution in [1.29, 1.82) is 0 Å². The topological polar surface area (TPSA) is 43.2 Å². The summed E-state index contributed by atoms with van der Waals surface area (Å²) in [6.07, 6.45) is 17.8. The minimum absolute atomic E-state index is 0.361. The van der Waals surface area contributed by atoms with Crippen LogP contribution in [0, 0.1) is 11.8 Å². The van der Waals surface area contributed by atoms with Gasteiger partial charge in [-0.1, -0.05) is 63.6 Å². The second-order valence-electron chi connectivity index (χ2n) is 10.8. The van der Waals surface area contributed by atoms with Crippen molar-refractivity contribution in [2.45, 2.75) is 76.9 Å². The van der Waals surface area contributed by atoms with Gasteiger partial charge in [0.05, 0.1) is 0 Å². The Morgan fingerprint density at radius 2 is 2.06 bits per heavy atom. The molecule has 0 radical (unpaired) electrons. The molecule has 0 aromatic heterocycles. The van der Waals surface area contributed by atoms with E-state index in [2.05, 4.69) is 76.4 Å². The van der Waals surface area contributed by atoms with Crippen molar-refractivity contribution in [3.63, 3.8) is 0 Å². The Labute approximate surface area is 218 Å². The molecule has 1 saturated carbocycles. The van der Waals surface area contributed by atoms with Crippen LogP contribution >= 0.6 is 0 Å². The highest BCUT2D eigenvalue weighted by molar-refractivity contribution is 5.71. The van der Waals surface area contributed by atoms with E-state index in [1.807, 2.05) is 6.08 Å². The highest BCUT2D eigenvalue weighted by Gasteiger charge is 2.36. The second-order valence-corrected chi connectivity index (χ2v) is 10.8. The Balaban J connectivity index is 1.39. The summed E-state index contributed by atoms with van der Waals surface area (Å²) >= 11 is 0. The minimum atomic E-state index is 0.361. The summed E-state index contributed by atoms with van der Waals surface area (Å²) in [6.45, 7) is 18.3. The van der Waals surface area contributed by atoms with Crippen LogP contribution in [0.3, 0.4) is 0 Å². The Kier molecular flexibility index (Phi) is 9.71. The number of rotatable bonds is 12. The first-order valence-corrected chi connectivity index (χ1v) is 13.9. The lowest BCUT2D eigenvalue weighted by Crippen LogP contribution is -2.55. The van der Waals surface area contributed by atoms with Crippen molar-refractivity contribution in [2.24, 2.45) is 22.0 Å². The van der Waals surface area contributed by atoms with Crippen LogP contribution in [-0.4, -0.2) is 54.4 Å². The SMILES string of the molecule is C=CNC(=C)C(CCC)N1CCc2ccc(CC3CCCCC3N3CC(/C=C\C=N/N=C)C3)cc2C1. The molecule has 2 fully saturated rings. The number of benzene rings is 1. The van der Waals surface area contributed by atoms with Crippen LogP contribution in [0.25, 0.3) is 0 Å². The first kappa shape index (κ1) is 26.6. The van der Waals surface area contributed by atoms with Crippen molar-refractivity contribution in [2.75, 3.05) is 19.6 Å². The first-order valence-electron chi connectivity index (χ1n) is 13.9. The van der Waals surface area contributed by atoms with E-state index >= 15 is 0 Å². The Morgan fingerprint density at radius 3 is 2.83 bits per heavy atom. The maximum absolute atomic E-state index is 4.31. The molecule has 0 spiro atoms. The van der Waals surface area contributed by atoms with E-state index in [0.29, 0.717) is 12.0 Å². The van der Waals surface area contributed by atoms with Gasteiger partial charge in [0.15, 0.2) is 0 Å². The number of allylic oxidation sites excluding steroid dienone is 1. The van der Waals surface area contributed by atoms with Crippen LogP contribution in [0.15, 0.2) is 65.6 Å². The fourth-order valence-corrected chi connectivity index (χ4v) is 6.55. The molecule has 2 aliphatic heterocycles. The van der Waals surface area contributed by atoms with Crippen LogP contribution in [0.2, 0.25) is 0 Å². The Bertz CT molecular complexity index is 958. The molecule has 0 bridgehead atoms. The maximum atomic E-state index is 4.31. The number of likely N-dealkylation sites (tertiary alicyclic amines) is 1. The molecule has 0 amide bonds. The summed E-state index contributed by atoms with van der Waals surface area (Å²) in [5.41, 5.74) is 5.64. The number of nitrogens with one attached hydrogen (secondary N) is 1. The van der Waals surface area contributed by atoms with Crippen LogP contribution in [-0.2, 0) is 19.4 Å². The van der Waals surface area contributed by atoms with Crippen LogP contribution in [0.5, 0.6) is 0 Å². The van der Waals surface area contributed by atoms with Crippen molar-refractivity contribution in [3.8, 4) is 0 Å². The molecule has 3 atom stereocenters. The number of hydrogen-bond acceptors (Lipinski definition) is 5. The zero-order valence-corrected chi connectivity index (χ0v) is 22.2. The van der Waals surface area contributed by atoms with Crippen molar-refractivity contribution in [3.05, 3.63) is 72.1 Å². The van der Waals surface area contributed by atoms with E-state index < -0.39 is 0 Å². The standard InChI is InChI=1S/C31H45N5/c1-5-10-30(24(3)33-6-2)35-18-16-27-15-14-25(20-29(27)23-35)19-28-12-7-8-13-31(28)36-21-26(22-36)11-9-17-34-32-4/h6,9,11,14-15,17,20,26,28,30-31,33H,2-5,7-8,10,12-13,16,18-19,21-23H2,1H3/b11-9-,34-17-. The lowest BCUT2D eigenvalue weighted by molar-refractivity contribution is 0.0237. The van der Waals surface area contributed by atoms with Gasteiger partial charge in [-0.2, -0.15) is 10.2 Å². The number of nitrogens with zero attached hydrogens (tertiary/aromatic N) is 4. The molecule has 1 aromatic carbocycles. The molecule has 1 aromatic rings. The van der Waals surface area contributed by atoms with Gasteiger partial charge in [0.1, 0.15) is 0 Å². The number of hydrogen-bond donors (Lipinski definition) is 1. The molecule has 1 N–H and O–H groups in total. The average molecular weight is 488 g/mol. The summed E-state index contributed by atoms with van der Waals surface area (Å²) in [6, 6.07) is 8.43. The predicted octanol–water partition coefficient (Wildman–Crippen LogP) is 5.74. The van der Waals surface area contributed by atoms with E-state index in [4.69, 9.17) is 0 Å². The highest BCUT2D eigenvalue weighted by atomic mass is 15.2. The lowest BCUT2D eigenvalue weighted by atomic mass is 9.77. The first-order chi connectivity index (χ1) is 17.6. The fraction of sp³-hybridized carbons (Fsp3) is 0.548. The molecule has 5 heteroatoms. The van der Waals surface area contributed by atoms with Crippen LogP contribution < -0.4 is 5.32 Å². The van der Waals surface area contributed by atoms with Gasteiger partial charge in [-0.05, 0) is 67.0 Å². The predicted molar refractivity (Wildman–Crippen MR) is 153 cm³/mol. The third-order valence-electron chi connectivity index (χ3n) is 8.40. The van der Waals surface area contributed by atoms with E-state index in [9.17, 15) is 0 Å². The summed E-state index contributed by atoms with van der Waals surface area (Å²) in [5, 5.41) is 10.6. The largest absolute Gasteiger partial charge is 0.365 e. The normalized spacial score (nSPS) is 24.4. The van der Waals surface area contributed by atoms with Gasteiger partial charge in [-0.25, -0.2) is 0 Å². The second kappa shape index (κ2) is 13.2. The molecular weight excluding hydrogens is 442 g/mol. The molecule has 5 nitrogen and oxygen atoms in total. The monoisotopic (exact) mass is 487 g/mol. The molecule has 3 unspecified atom stereocenters. The van der Waals surface area contributed by atoms with E-state index in [1.54, 1.807) is 12.4 Å². The zero-order valence-electron chi connectivity index (χ0n) is 22.2. The summed E-state index contributed by atoms with van der Waals surface area (Å²) in [4.78, 5) is 5.34. The molecule has 1 saturated heterocycles. The van der Waals surface area contributed by atoms with Gasteiger partial charge in [-0.3, -0.25) is 9.80 Å². The fourth-order valence-electron chi connectivity index (χ4n) is 6.55. The van der Waals surface area contributed by atoms with Crippen LogP contribution in [0.1, 0.15) is 62.1 Å². The Morgan fingerprint density at radius 1 is 1.22 bits per heavy atom. The number of fused-ring (bicyclic) bond motifs is 1. The van der Waals surface area contributed by atoms with E-state index in [1.165, 1.54) is 61.9 Å². The van der Waals surface area contributed by atoms with Crippen LogP contribution in [0.4, 0.5) is 0 Å². The molecule has 4 rings (SSSR count). The molecule has 194 valence electrons. The smallest absolute Gasteiger partial charge is 0.0495 e. The average Bonchev–Trinajstić information content (AvgIpc) is 2.86. The molecule has 2 heterocycles. The summed E-state index contributed by atoms with van der Waals surface area (Å²) in [7, 11) is 0. The van der Waals surface area contributed by atoms with E-state index in [0.717, 1.165) is 50.0 Å². The molecule has 3 aliphatic rings. The minimum Gasteiger partial charge on any atom is -0.365 e. The van der Waals surface area contributed by atoms with Crippen molar-refractivity contribution in [1.82, 2.24) is 15.1 Å². The van der Waals surface area contributed by atoms with Gasteiger partial charge in [0.2, 0.25) is 0 Å². The van der Waals surface area contributed by atoms with Crippen molar-refractivity contribution < 1.29 is 0 Å². The van der Waals surface area contributed by atoms with E-state index in [-0.39, 0.29) is 0 Å². The molecule has 36 heavy (non-hydrogen) atoms.